The van der Waals surface area contributed by atoms with E-state index in [2.05, 4.69) is 16.8 Å². The fourth-order valence-corrected chi connectivity index (χ4v) is 2.77. The lowest BCUT2D eigenvalue weighted by atomic mass is 10.0. The first-order valence-corrected chi connectivity index (χ1v) is 8.33. The summed E-state index contributed by atoms with van der Waals surface area (Å²) in [5, 5.41) is 22.0. The van der Waals surface area contributed by atoms with Gasteiger partial charge in [-0.1, -0.05) is 35.6 Å². The minimum Gasteiger partial charge on any atom is -0.378 e. The number of hydrogen-bond donors (Lipinski definition) is 2. The monoisotopic (exact) mass is 362 g/mol. The molecule has 0 saturated carbocycles. The Bertz CT molecular complexity index is 1160. The summed E-state index contributed by atoms with van der Waals surface area (Å²) in [4.78, 5) is 26.3. The van der Waals surface area contributed by atoms with E-state index in [0.29, 0.717) is 16.5 Å². The number of aromatic nitrogens is 1. The summed E-state index contributed by atoms with van der Waals surface area (Å²) in [7, 11) is 0. The number of fused-ring (bicyclic) bond motifs is 1. The van der Waals surface area contributed by atoms with Gasteiger partial charge in [0.15, 0.2) is 0 Å². The van der Waals surface area contributed by atoms with Crippen LogP contribution < -0.4 is 5.56 Å². The normalized spacial score (nSPS) is 11.1. The summed E-state index contributed by atoms with van der Waals surface area (Å²) in [6.07, 6.45) is 0. The van der Waals surface area contributed by atoms with Crippen LogP contribution in [0.1, 0.15) is 25.0 Å². The molecule has 6 nitrogen and oxygen atoms in total. The maximum absolute atomic E-state index is 12.5. The van der Waals surface area contributed by atoms with Crippen molar-refractivity contribution in [2.24, 2.45) is 0 Å². The van der Waals surface area contributed by atoms with Crippen molar-refractivity contribution in [3.8, 4) is 23.1 Å². The van der Waals surface area contributed by atoms with Crippen molar-refractivity contribution in [3.63, 3.8) is 0 Å². The highest BCUT2D eigenvalue weighted by atomic mass is 16.6. The Kier molecular flexibility index (Phi) is 4.56. The standard InChI is InChI=1S/C21H18N2O4/c1-13-4-9-16-17(12-13)20(24)22-18(19(16)23(26)27)15-7-5-14(6-8-15)10-11-21(2,3)25/h4-9,12,25H,1-3H3,(H,22,24). The molecule has 0 saturated heterocycles. The predicted molar refractivity (Wildman–Crippen MR) is 105 cm³/mol. The van der Waals surface area contributed by atoms with Crippen LogP contribution >= 0.6 is 0 Å². The number of rotatable bonds is 2. The van der Waals surface area contributed by atoms with E-state index in [4.69, 9.17) is 0 Å². The third-order valence-corrected chi connectivity index (χ3v) is 4.02. The van der Waals surface area contributed by atoms with Crippen LogP contribution in [0, 0.1) is 28.9 Å². The molecular weight excluding hydrogens is 344 g/mol. The number of nitrogens with zero attached hydrogens (tertiary/aromatic N) is 1. The zero-order valence-electron chi connectivity index (χ0n) is 15.2. The Hall–Kier alpha value is -3.43. The van der Waals surface area contributed by atoms with Gasteiger partial charge in [-0.05, 0) is 45.0 Å². The van der Waals surface area contributed by atoms with Gasteiger partial charge in [0.2, 0.25) is 0 Å². The maximum Gasteiger partial charge on any atom is 0.301 e. The van der Waals surface area contributed by atoms with Gasteiger partial charge in [0.25, 0.3) is 5.56 Å². The fourth-order valence-electron chi connectivity index (χ4n) is 2.77. The molecule has 136 valence electrons. The first-order chi connectivity index (χ1) is 12.7. The van der Waals surface area contributed by atoms with Gasteiger partial charge >= 0.3 is 5.69 Å². The Balaban J connectivity index is 2.18. The van der Waals surface area contributed by atoms with Crippen molar-refractivity contribution in [2.45, 2.75) is 26.4 Å². The van der Waals surface area contributed by atoms with Gasteiger partial charge in [0.05, 0.1) is 15.7 Å². The van der Waals surface area contributed by atoms with Crippen molar-refractivity contribution < 1.29 is 10.0 Å². The highest BCUT2D eigenvalue weighted by Crippen LogP contribution is 2.33. The van der Waals surface area contributed by atoms with E-state index >= 15 is 0 Å². The van der Waals surface area contributed by atoms with E-state index in [-0.39, 0.29) is 22.3 Å². The van der Waals surface area contributed by atoms with Gasteiger partial charge in [-0.25, -0.2) is 0 Å². The molecule has 3 rings (SSSR count). The summed E-state index contributed by atoms with van der Waals surface area (Å²) >= 11 is 0. The number of pyridine rings is 1. The van der Waals surface area contributed by atoms with Crippen LogP contribution in [0.3, 0.4) is 0 Å². The van der Waals surface area contributed by atoms with Crippen molar-refractivity contribution in [1.29, 1.82) is 0 Å². The molecule has 0 unspecified atom stereocenters. The highest BCUT2D eigenvalue weighted by Gasteiger charge is 2.22. The second kappa shape index (κ2) is 6.71. The van der Waals surface area contributed by atoms with Crippen molar-refractivity contribution in [2.75, 3.05) is 0 Å². The van der Waals surface area contributed by atoms with Gasteiger partial charge in [0.1, 0.15) is 11.3 Å². The summed E-state index contributed by atoms with van der Waals surface area (Å²) in [6, 6.07) is 11.7. The van der Waals surface area contributed by atoms with Crippen LogP contribution in [-0.4, -0.2) is 20.6 Å². The lowest BCUT2D eigenvalue weighted by Gasteiger charge is -2.08. The molecule has 0 atom stereocenters. The molecule has 1 aromatic heterocycles. The Labute approximate surface area is 155 Å². The van der Waals surface area contributed by atoms with Crippen molar-refractivity contribution >= 4 is 16.5 Å². The fraction of sp³-hybridized carbons (Fsp3) is 0.190. The number of aliphatic hydroxyl groups is 1. The molecule has 27 heavy (non-hydrogen) atoms. The third-order valence-electron chi connectivity index (χ3n) is 4.02. The lowest BCUT2D eigenvalue weighted by molar-refractivity contribution is -0.382. The summed E-state index contributed by atoms with van der Waals surface area (Å²) in [6.45, 7) is 4.99. The number of nitro groups is 1. The van der Waals surface area contributed by atoms with Crippen LogP contribution in [0.5, 0.6) is 0 Å². The number of aromatic amines is 1. The highest BCUT2D eigenvalue weighted by molar-refractivity contribution is 5.96. The molecule has 1 heterocycles. The van der Waals surface area contributed by atoms with Crippen LogP contribution in [0.4, 0.5) is 5.69 Å². The van der Waals surface area contributed by atoms with Gasteiger partial charge in [-0.15, -0.1) is 0 Å². The van der Waals surface area contributed by atoms with Crippen LogP contribution in [0.2, 0.25) is 0 Å². The van der Waals surface area contributed by atoms with Gasteiger partial charge in [0, 0.05) is 11.1 Å². The smallest absolute Gasteiger partial charge is 0.301 e. The first kappa shape index (κ1) is 18.4. The molecule has 0 fully saturated rings. The summed E-state index contributed by atoms with van der Waals surface area (Å²) in [5.41, 5.74) is 0.546. The Morgan fingerprint density at radius 2 is 1.78 bits per heavy atom. The molecule has 3 aromatic rings. The second-order valence-electron chi connectivity index (χ2n) is 6.87. The van der Waals surface area contributed by atoms with Crippen LogP contribution in [0.25, 0.3) is 22.0 Å². The molecule has 0 aliphatic rings. The molecule has 0 amide bonds. The summed E-state index contributed by atoms with van der Waals surface area (Å²) in [5.74, 6) is 5.55. The van der Waals surface area contributed by atoms with Crippen LogP contribution in [-0.2, 0) is 0 Å². The molecule has 2 aromatic carbocycles. The first-order valence-electron chi connectivity index (χ1n) is 8.33. The Morgan fingerprint density at radius 1 is 1.11 bits per heavy atom. The minimum absolute atomic E-state index is 0.139. The SMILES string of the molecule is Cc1ccc2c([N+](=O)[O-])c(-c3ccc(C#CC(C)(C)O)cc3)[nH]c(=O)c2c1. The Morgan fingerprint density at radius 3 is 2.37 bits per heavy atom. The molecule has 0 spiro atoms. The largest absolute Gasteiger partial charge is 0.378 e. The quantitative estimate of drug-likeness (QED) is 0.414. The number of nitrogens with one attached hydrogen (secondary N) is 1. The number of H-pyrrole nitrogens is 1. The number of hydrogen-bond acceptors (Lipinski definition) is 4. The third kappa shape index (κ3) is 3.89. The maximum atomic E-state index is 12.5. The average molecular weight is 362 g/mol. The van der Waals surface area contributed by atoms with E-state index in [1.165, 1.54) is 0 Å². The molecule has 2 N–H and O–H groups in total. The van der Waals surface area contributed by atoms with Crippen LogP contribution in [0.15, 0.2) is 47.3 Å². The van der Waals surface area contributed by atoms with E-state index in [1.807, 2.05) is 6.92 Å². The van der Waals surface area contributed by atoms with Gasteiger partial charge in [-0.3, -0.25) is 14.9 Å². The lowest BCUT2D eigenvalue weighted by Crippen LogP contribution is -2.14. The molecular formula is C21H18N2O4. The topological polar surface area (TPSA) is 96.2 Å². The van der Waals surface area contributed by atoms with Gasteiger partial charge in [-0.2, -0.15) is 0 Å². The zero-order valence-corrected chi connectivity index (χ0v) is 15.2. The van der Waals surface area contributed by atoms with E-state index < -0.39 is 10.5 Å². The molecule has 0 radical (unpaired) electrons. The van der Waals surface area contributed by atoms with E-state index in [1.54, 1.807) is 56.3 Å². The molecule has 0 aliphatic heterocycles. The molecule has 6 heteroatoms. The predicted octanol–water partition coefficient (Wildman–Crippen LogP) is 3.53. The minimum atomic E-state index is -1.11. The number of benzene rings is 2. The second-order valence-corrected chi connectivity index (χ2v) is 6.87. The number of aryl methyl sites for hydroxylation is 1. The zero-order chi connectivity index (χ0) is 19.8. The van der Waals surface area contributed by atoms with E-state index in [0.717, 1.165) is 5.56 Å². The van der Waals surface area contributed by atoms with Gasteiger partial charge < -0.3 is 10.1 Å². The molecule has 0 bridgehead atoms. The van der Waals surface area contributed by atoms with E-state index in [9.17, 15) is 20.0 Å². The molecule has 0 aliphatic carbocycles. The van der Waals surface area contributed by atoms with Crippen molar-refractivity contribution in [3.05, 3.63) is 74.1 Å². The van der Waals surface area contributed by atoms with Crippen molar-refractivity contribution in [1.82, 2.24) is 4.98 Å². The summed E-state index contributed by atoms with van der Waals surface area (Å²) < 4.78 is 0. The average Bonchev–Trinajstić information content (AvgIpc) is 2.60.